The first-order chi connectivity index (χ1) is 11.8. The van der Waals surface area contributed by atoms with Crippen LogP contribution in [0.2, 0.25) is 0 Å². The number of nitrogens with zero attached hydrogens (tertiary/aromatic N) is 1. The van der Waals surface area contributed by atoms with Crippen LogP contribution in [0.4, 0.5) is 0 Å². The highest BCUT2D eigenvalue weighted by Crippen LogP contribution is 2.28. The van der Waals surface area contributed by atoms with Gasteiger partial charge >= 0.3 is 0 Å². The summed E-state index contributed by atoms with van der Waals surface area (Å²) in [5, 5.41) is 3.69. The zero-order chi connectivity index (χ0) is 16.4. The van der Waals surface area contributed by atoms with E-state index < -0.39 is 0 Å². The number of nitrogens with one attached hydrogen (secondary N) is 1. The highest BCUT2D eigenvalue weighted by molar-refractivity contribution is 5.79. The summed E-state index contributed by atoms with van der Waals surface area (Å²) in [4.78, 5) is 14.7. The predicted octanol–water partition coefficient (Wildman–Crippen LogP) is 3.10. The second-order valence-corrected chi connectivity index (χ2v) is 7.99. The van der Waals surface area contributed by atoms with Crippen LogP contribution in [0.15, 0.2) is 18.2 Å². The molecule has 1 amide bonds. The fraction of sp³-hybridized carbons (Fsp3) is 0.667. The van der Waals surface area contributed by atoms with Crippen molar-refractivity contribution < 1.29 is 4.79 Å². The van der Waals surface area contributed by atoms with Crippen molar-refractivity contribution in [2.45, 2.75) is 63.8 Å². The maximum atomic E-state index is 12.6. The van der Waals surface area contributed by atoms with E-state index in [-0.39, 0.29) is 0 Å². The van der Waals surface area contributed by atoms with Gasteiger partial charge in [-0.15, -0.1) is 0 Å². The fourth-order valence-corrected chi connectivity index (χ4v) is 4.17. The summed E-state index contributed by atoms with van der Waals surface area (Å²) < 4.78 is 0. The van der Waals surface area contributed by atoms with Crippen LogP contribution < -0.4 is 5.32 Å². The van der Waals surface area contributed by atoms with Gasteiger partial charge in [-0.05, 0) is 80.5 Å². The van der Waals surface area contributed by atoms with Gasteiger partial charge in [0.1, 0.15) is 0 Å². The lowest BCUT2D eigenvalue weighted by molar-refractivity contribution is -0.131. The molecule has 3 aliphatic rings. The second kappa shape index (κ2) is 7.26. The standard InChI is InChI=1S/C21H30N2O/c24-21(14-17-7-8-18-3-1-2-4-19(18)13-17)23-11-9-20(10-12-23)22-15-16-5-6-16/h7-8,13,16,20,22H,1-6,9-12,14-15H2. The van der Waals surface area contributed by atoms with Crippen LogP contribution >= 0.6 is 0 Å². The lowest BCUT2D eigenvalue weighted by atomic mass is 9.90. The van der Waals surface area contributed by atoms with Gasteiger partial charge in [0, 0.05) is 19.1 Å². The molecular formula is C21H30N2O. The Morgan fingerprint density at radius 2 is 1.79 bits per heavy atom. The average molecular weight is 326 g/mol. The van der Waals surface area contributed by atoms with Gasteiger partial charge in [-0.3, -0.25) is 4.79 Å². The molecule has 1 saturated heterocycles. The smallest absolute Gasteiger partial charge is 0.226 e. The Kier molecular flexibility index (Phi) is 4.88. The maximum absolute atomic E-state index is 12.6. The van der Waals surface area contributed by atoms with Gasteiger partial charge in [0.15, 0.2) is 0 Å². The molecule has 1 aromatic carbocycles. The lowest BCUT2D eigenvalue weighted by Crippen LogP contribution is -2.45. The van der Waals surface area contributed by atoms with Gasteiger partial charge in [0.2, 0.25) is 5.91 Å². The predicted molar refractivity (Wildman–Crippen MR) is 97.1 cm³/mol. The van der Waals surface area contributed by atoms with Crippen LogP contribution in [0.5, 0.6) is 0 Å². The Hall–Kier alpha value is -1.35. The van der Waals surface area contributed by atoms with Crippen LogP contribution in [0.3, 0.4) is 0 Å². The van der Waals surface area contributed by atoms with Gasteiger partial charge in [0.25, 0.3) is 0 Å². The summed E-state index contributed by atoms with van der Waals surface area (Å²) in [6.45, 7) is 3.03. The molecule has 3 heteroatoms. The fourth-order valence-electron chi connectivity index (χ4n) is 4.17. The molecule has 0 atom stereocenters. The van der Waals surface area contributed by atoms with Crippen molar-refractivity contribution in [2.75, 3.05) is 19.6 Å². The molecule has 1 aliphatic heterocycles. The summed E-state index contributed by atoms with van der Waals surface area (Å²) in [6.07, 6.45) is 10.6. The quantitative estimate of drug-likeness (QED) is 0.902. The monoisotopic (exact) mass is 326 g/mol. The van der Waals surface area contributed by atoms with Crippen molar-refractivity contribution in [1.29, 1.82) is 0 Å². The molecule has 3 nitrogen and oxygen atoms in total. The van der Waals surface area contributed by atoms with Crippen molar-refractivity contribution in [2.24, 2.45) is 5.92 Å². The molecule has 0 aromatic heterocycles. The van der Waals surface area contributed by atoms with E-state index in [1.54, 1.807) is 0 Å². The van der Waals surface area contributed by atoms with E-state index >= 15 is 0 Å². The van der Waals surface area contributed by atoms with E-state index in [9.17, 15) is 4.79 Å². The first-order valence-corrected chi connectivity index (χ1v) is 9.90. The lowest BCUT2D eigenvalue weighted by Gasteiger charge is -2.32. The molecule has 0 spiro atoms. The molecule has 24 heavy (non-hydrogen) atoms. The molecule has 4 rings (SSSR count). The first kappa shape index (κ1) is 16.1. The maximum Gasteiger partial charge on any atom is 0.226 e. The molecule has 2 fully saturated rings. The number of benzene rings is 1. The van der Waals surface area contributed by atoms with Gasteiger partial charge in [-0.2, -0.15) is 0 Å². The minimum absolute atomic E-state index is 0.311. The van der Waals surface area contributed by atoms with Gasteiger partial charge < -0.3 is 10.2 Å². The van der Waals surface area contributed by atoms with E-state index in [1.807, 2.05) is 0 Å². The number of amides is 1. The minimum Gasteiger partial charge on any atom is -0.342 e. The SMILES string of the molecule is O=C(Cc1ccc2c(c1)CCCC2)N1CCC(NCC2CC2)CC1. The Morgan fingerprint density at radius 3 is 2.54 bits per heavy atom. The van der Waals surface area contributed by atoms with Crippen LogP contribution in [-0.2, 0) is 24.1 Å². The highest BCUT2D eigenvalue weighted by atomic mass is 16.2. The average Bonchev–Trinajstić information content (AvgIpc) is 3.45. The van der Waals surface area contributed by atoms with Crippen LogP contribution in [-0.4, -0.2) is 36.5 Å². The Labute approximate surface area is 145 Å². The summed E-state index contributed by atoms with van der Waals surface area (Å²) in [5.74, 6) is 1.25. The van der Waals surface area contributed by atoms with E-state index in [0.29, 0.717) is 18.4 Å². The molecule has 2 aliphatic carbocycles. The van der Waals surface area contributed by atoms with Crippen LogP contribution in [0.1, 0.15) is 55.2 Å². The molecule has 1 saturated carbocycles. The van der Waals surface area contributed by atoms with E-state index in [1.165, 1.54) is 61.8 Å². The third kappa shape index (κ3) is 4.00. The minimum atomic E-state index is 0.311. The van der Waals surface area contributed by atoms with Crippen molar-refractivity contribution >= 4 is 5.91 Å². The van der Waals surface area contributed by atoms with Crippen molar-refractivity contribution in [3.63, 3.8) is 0 Å². The Bertz CT molecular complexity index is 586. The van der Waals surface area contributed by atoms with Crippen LogP contribution in [0.25, 0.3) is 0 Å². The number of fused-ring (bicyclic) bond motifs is 1. The summed E-state index contributed by atoms with van der Waals surface area (Å²) in [7, 11) is 0. The molecule has 1 N–H and O–H groups in total. The van der Waals surface area contributed by atoms with E-state index in [2.05, 4.69) is 28.4 Å². The molecule has 0 radical (unpaired) electrons. The van der Waals surface area contributed by atoms with Gasteiger partial charge in [-0.25, -0.2) is 0 Å². The number of carbonyl (C=O) groups excluding carboxylic acids is 1. The normalized spacial score (nSPS) is 21.6. The van der Waals surface area contributed by atoms with Crippen molar-refractivity contribution in [3.05, 3.63) is 34.9 Å². The third-order valence-corrected chi connectivity index (χ3v) is 6.01. The largest absolute Gasteiger partial charge is 0.342 e. The molecule has 130 valence electrons. The van der Waals surface area contributed by atoms with E-state index in [4.69, 9.17) is 0 Å². The Morgan fingerprint density at radius 1 is 1.04 bits per heavy atom. The molecule has 0 unspecified atom stereocenters. The summed E-state index contributed by atoms with van der Waals surface area (Å²) >= 11 is 0. The first-order valence-electron chi connectivity index (χ1n) is 9.90. The number of hydrogen-bond donors (Lipinski definition) is 1. The van der Waals surface area contributed by atoms with E-state index in [0.717, 1.165) is 31.8 Å². The zero-order valence-corrected chi connectivity index (χ0v) is 14.7. The topological polar surface area (TPSA) is 32.3 Å². The number of aryl methyl sites for hydroxylation is 2. The zero-order valence-electron chi connectivity index (χ0n) is 14.7. The van der Waals surface area contributed by atoms with Crippen molar-refractivity contribution in [3.8, 4) is 0 Å². The Balaban J connectivity index is 1.27. The van der Waals surface area contributed by atoms with Gasteiger partial charge in [-0.1, -0.05) is 18.2 Å². The second-order valence-electron chi connectivity index (χ2n) is 7.99. The molecule has 1 aromatic rings. The summed E-state index contributed by atoms with van der Waals surface area (Å²) in [6, 6.07) is 7.34. The van der Waals surface area contributed by atoms with Crippen LogP contribution in [0, 0.1) is 5.92 Å². The molecular weight excluding hydrogens is 296 g/mol. The molecule has 0 bridgehead atoms. The summed E-state index contributed by atoms with van der Waals surface area (Å²) in [5.41, 5.74) is 4.18. The third-order valence-electron chi connectivity index (χ3n) is 6.01. The molecule has 1 heterocycles. The number of piperidine rings is 1. The number of rotatable bonds is 5. The van der Waals surface area contributed by atoms with Crippen molar-refractivity contribution in [1.82, 2.24) is 10.2 Å². The number of carbonyl (C=O) groups is 1. The van der Waals surface area contributed by atoms with Gasteiger partial charge in [0.05, 0.1) is 6.42 Å². The highest BCUT2D eigenvalue weighted by Gasteiger charge is 2.26. The number of hydrogen-bond acceptors (Lipinski definition) is 2. The number of likely N-dealkylation sites (tertiary alicyclic amines) is 1.